The van der Waals surface area contributed by atoms with E-state index in [4.69, 9.17) is 0 Å². The highest BCUT2D eigenvalue weighted by atomic mass is 32.1. The molecule has 0 aliphatic carbocycles. The second-order valence-electron chi connectivity index (χ2n) is 5.76. The van der Waals surface area contributed by atoms with Crippen LogP contribution in [-0.4, -0.2) is 59.3 Å². The number of amides is 2. The van der Waals surface area contributed by atoms with Gasteiger partial charge in [-0.25, -0.2) is 4.98 Å². The molecule has 0 bridgehead atoms. The average molecular weight is 324 g/mol. The standard InChI is InChI=1S/C15H24N4O2S/c1-4-15(3,14-16-5-10-22-14)17-11-13(21)19-8-6-18(7-9-19)12(2)20/h5,10,17H,4,6-9,11H2,1-3H3/t15-/m0/s1. The molecule has 1 aliphatic rings. The summed E-state index contributed by atoms with van der Waals surface area (Å²) in [6.07, 6.45) is 2.66. The average Bonchev–Trinajstić information content (AvgIpc) is 3.07. The van der Waals surface area contributed by atoms with Gasteiger partial charge in [-0.3, -0.25) is 14.9 Å². The molecule has 0 unspecified atom stereocenters. The molecule has 0 radical (unpaired) electrons. The van der Waals surface area contributed by atoms with Crippen molar-refractivity contribution in [1.82, 2.24) is 20.1 Å². The Labute approximate surface area is 135 Å². The van der Waals surface area contributed by atoms with E-state index in [2.05, 4.69) is 24.1 Å². The van der Waals surface area contributed by atoms with Crippen molar-refractivity contribution in [1.29, 1.82) is 0 Å². The van der Waals surface area contributed by atoms with Gasteiger partial charge in [-0.2, -0.15) is 0 Å². The SMILES string of the molecule is CC[C@](C)(NCC(=O)N1CCN(C(C)=O)CC1)c1nccs1. The zero-order valence-electron chi connectivity index (χ0n) is 13.5. The smallest absolute Gasteiger partial charge is 0.236 e. The number of nitrogens with zero attached hydrogens (tertiary/aromatic N) is 3. The molecule has 1 atom stereocenters. The third-order valence-electron chi connectivity index (χ3n) is 4.32. The van der Waals surface area contributed by atoms with E-state index in [9.17, 15) is 9.59 Å². The first-order valence-corrected chi connectivity index (χ1v) is 8.52. The number of nitrogens with one attached hydrogen (secondary N) is 1. The largest absolute Gasteiger partial charge is 0.339 e. The van der Waals surface area contributed by atoms with Crippen LogP contribution in [0.3, 0.4) is 0 Å². The van der Waals surface area contributed by atoms with Gasteiger partial charge in [0.1, 0.15) is 5.01 Å². The Morgan fingerprint density at radius 2 is 1.95 bits per heavy atom. The van der Waals surface area contributed by atoms with Crippen LogP contribution in [0.5, 0.6) is 0 Å². The van der Waals surface area contributed by atoms with E-state index in [0.29, 0.717) is 32.7 Å². The molecule has 1 aromatic rings. The summed E-state index contributed by atoms with van der Waals surface area (Å²) in [5, 5.41) is 6.31. The van der Waals surface area contributed by atoms with Gasteiger partial charge >= 0.3 is 0 Å². The fourth-order valence-corrected chi connectivity index (χ4v) is 3.35. The molecule has 1 N–H and O–H groups in total. The molecule has 2 heterocycles. The van der Waals surface area contributed by atoms with Gasteiger partial charge in [-0.05, 0) is 13.3 Å². The number of thiazole rings is 1. The summed E-state index contributed by atoms with van der Waals surface area (Å²) in [7, 11) is 0. The lowest BCUT2D eigenvalue weighted by Gasteiger charge is -2.35. The molecule has 1 saturated heterocycles. The zero-order valence-corrected chi connectivity index (χ0v) is 14.3. The summed E-state index contributed by atoms with van der Waals surface area (Å²) in [6, 6.07) is 0. The van der Waals surface area contributed by atoms with Crippen molar-refractivity contribution in [3.05, 3.63) is 16.6 Å². The molecule has 1 fully saturated rings. The minimum Gasteiger partial charge on any atom is -0.339 e. The van der Waals surface area contributed by atoms with Crippen LogP contribution in [-0.2, 0) is 15.1 Å². The van der Waals surface area contributed by atoms with Crippen molar-refractivity contribution in [2.45, 2.75) is 32.7 Å². The monoisotopic (exact) mass is 324 g/mol. The predicted molar refractivity (Wildman–Crippen MR) is 86.6 cm³/mol. The summed E-state index contributed by atoms with van der Waals surface area (Å²) in [4.78, 5) is 31.6. The predicted octanol–water partition coefficient (Wildman–Crippen LogP) is 1.05. The lowest BCUT2D eigenvalue weighted by atomic mass is 10.00. The quantitative estimate of drug-likeness (QED) is 0.879. The number of hydrogen-bond donors (Lipinski definition) is 1. The highest BCUT2D eigenvalue weighted by Gasteiger charge is 2.29. The topological polar surface area (TPSA) is 65.5 Å². The molecule has 0 spiro atoms. The van der Waals surface area contributed by atoms with E-state index < -0.39 is 0 Å². The first-order valence-electron chi connectivity index (χ1n) is 7.64. The van der Waals surface area contributed by atoms with Gasteiger partial charge in [0.2, 0.25) is 11.8 Å². The maximum atomic E-state index is 12.3. The Hall–Kier alpha value is -1.47. The van der Waals surface area contributed by atoms with Crippen molar-refractivity contribution in [2.24, 2.45) is 0 Å². The maximum Gasteiger partial charge on any atom is 0.236 e. The molecule has 0 saturated carbocycles. The normalized spacial score (nSPS) is 18.1. The molecule has 2 amide bonds. The summed E-state index contributed by atoms with van der Waals surface area (Å²) in [5.41, 5.74) is -0.273. The van der Waals surface area contributed by atoms with Crippen LogP contribution in [0.1, 0.15) is 32.2 Å². The van der Waals surface area contributed by atoms with Crippen LogP contribution < -0.4 is 5.32 Å². The molecule has 0 aromatic carbocycles. The summed E-state index contributed by atoms with van der Waals surface area (Å²) in [6.45, 7) is 8.50. The van der Waals surface area contributed by atoms with Gasteiger partial charge < -0.3 is 9.80 Å². The van der Waals surface area contributed by atoms with E-state index in [0.717, 1.165) is 11.4 Å². The first kappa shape index (κ1) is 16.9. The number of piperazine rings is 1. The molecule has 22 heavy (non-hydrogen) atoms. The Bertz CT molecular complexity index is 512. The molecular formula is C15H24N4O2S. The number of hydrogen-bond acceptors (Lipinski definition) is 5. The summed E-state index contributed by atoms with van der Waals surface area (Å²) < 4.78 is 0. The van der Waals surface area contributed by atoms with Gasteiger partial charge in [-0.1, -0.05) is 6.92 Å². The number of carbonyl (C=O) groups is 2. The van der Waals surface area contributed by atoms with E-state index in [1.54, 1.807) is 29.4 Å². The lowest BCUT2D eigenvalue weighted by molar-refractivity contribution is -0.138. The second-order valence-corrected chi connectivity index (χ2v) is 6.66. The minimum atomic E-state index is -0.273. The van der Waals surface area contributed by atoms with E-state index >= 15 is 0 Å². The van der Waals surface area contributed by atoms with E-state index in [1.165, 1.54) is 0 Å². The zero-order chi connectivity index (χ0) is 16.2. The van der Waals surface area contributed by atoms with Crippen molar-refractivity contribution in [3.63, 3.8) is 0 Å². The minimum absolute atomic E-state index is 0.0764. The van der Waals surface area contributed by atoms with Crippen LogP contribution in [0, 0.1) is 0 Å². The Morgan fingerprint density at radius 1 is 1.32 bits per heavy atom. The van der Waals surface area contributed by atoms with Crippen molar-refractivity contribution in [2.75, 3.05) is 32.7 Å². The van der Waals surface area contributed by atoms with Gasteiger partial charge in [0, 0.05) is 44.7 Å². The van der Waals surface area contributed by atoms with Gasteiger partial charge in [0.15, 0.2) is 0 Å². The van der Waals surface area contributed by atoms with Crippen LogP contribution in [0.25, 0.3) is 0 Å². The Kier molecular flexibility index (Phi) is 5.52. The van der Waals surface area contributed by atoms with E-state index in [1.807, 2.05) is 10.3 Å². The molecule has 6 nitrogen and oxygen atoms in total. The van der Waals surface area contributed by atoms with Crippen molar-refractivity contribution in [3.8, 4) is 0 Å². The van der Waals surface area contributed by atoms with Crippen molar-refractivity contribution >= 4 is 23.2 Å². The maximum absolute atomic E-state index is 12.3. The highest BCUT2D eigenvalue weighted by Crippen LogP contribution is 2.25. The molecule has 7 heteroatoms. The third kappa shape index (κ3) is 3.84. The molecule has 1 aromatic heterocycles. The van der Waals surface area contributed by atoms with Crippen LogP contribution in [0.2, 0.25) is 0 Å². The van der Waals surface area contributed by atoms with Gasteiger partial charge in [0.05, 0.1) is 12.1 Å². The first-order chi connectivity index (χ1) is 10.5. The lowest BCUT2D eigenvalue weighted by Crippen LogP contribution is -2.53. The van der Waals surface area contributed by atoms with Crippen LogP contribution in [0.4, 0.5) is 0 Å². The number of carbonyl (C=O) groups excluding carboxylic acids is 2. The van der Waals surface area contributed by atoms with Gasteiger partial charge in [0.25, 0.3) is 0 Å². The Morgan fingerprint density at radius 3 is 2.45 bits per heavy atom. The molecule has 2 rings (SSSR count). The number of rotatable bonds is 5. The third-order valence-corrected chi connectivity index (χ3v) is 5.36. The summed E-state index contributed by atoms with van der Waals surface area (Å²) >= 11 is 1.60. The molecular weight excluding hydrogens is 300 g/mol. The number of aromatic nitrogens is 1. The van der Waals surface area contributed by atoms with E-state index in [-0.39, 0.29) is 17.4 Å². The van der Waals surface area contributed by atoms with Crippen LogP contribution >= 0.6 is 11.3 Å². The molecule has 1 aliphatic heterocycles. The second kappa shape index (κ2) is 7.19. The summed E-state index contributed by atoms with van der Waals surface area (Å²) in [5.74, 6) is 0.159. The molecule has 122 valence electrons. The fourth-order valence-electron chi connectivity index (χ4n) is 2.50. The van der Waals surface area contributed by atoms with Gasteiger partial charge in [-0.15, -0.1) is 11.3 Å². The fraction of sp³-hybridized carbons (Fsp3) is 0.667. The van der Waals surface area contributed by atoms with Crippen LogP contribution in [0.15, 0.2) is 11.6 Å². The van der Waals surface area contributed by atoms with Crippen molar-refractivity contribution < 1.29 is 9.59 Å². The highest BCUT2D eigenvalue weighted by molar-refractivity contribution is 7.09. The Balaban J connectivity index is 1.86.